The third-order valence-electron chi connectivity index (χ3n) is 2.45. The molecule has 6 heteroatoms. The van der Waals surface area contributed by atoms with Crippen LogP contribution in [0.15, 0.2) is 12.1 Å². The molecule has 0 unspecified atom stereocenters. The highest BCUT2D eigenvalue weighted by molar-refractivity contribution is 5.97. The summed E-state index contributed by atoms with van der Waals surface area (Å²) in [6.45, 7) is 0.518. The summed E-state index contributed by atoms with van der Waals surface area (Å²) >= 11 is 0. The van der Waals surface area contributed by atoms with Gasteiger partial charge in [0.2, 0.25) is 0 Å². The molecular weight excluding hydrogens is 236 g/mol. The quantitative estimate of drug-likeness (QED) is 0.658. The fourth-order valence-corrected chi connectivity index (χ4v) is 1.55. The second kappa shape index (κ2) is 6.83. The van der Waals surface area contributed by atoms with Gasteiger partial charge in [0, 0.05) is 24.7 Å². The van der Waals surface area contributed by atoms with Gasteiger partial charge in [0.15, 0.2) is 0 Å². The van der Waals surface area contributed by atoms with Crippen molar-refractivity contribution in [3.63, 3.8) is 0 Å². The van der Waals surface area contributed by atoms with Gasteiger partial charge in [-0.05, 0) is 6.07 Å². The minimum absolute atomic E-state index is 0.218. The molecule has 0 atom stereocenters. The molecule has 0 radical (unpaired) electrons. The van der Waals surface area contributed by atoms with E-state index in [9.17, 15) is 9.90 Å². The Bertz CT molecular complexity index is 421. The average Bonchev–Trinajstić information content (AvgIpc) is 2.42. The topological polar surface area (TPSA) is 93.8 Å². The zero-order valence-corrected chi connectivity index (χ0v) is 10.5. The zero-order chi connectivity index (χ0) is 13.5. The van der Waals surface area contributed by atoms with E-state index in [1.165, 1.54) is 14.2 Å². The van der Waals surface area contributed by atoms with Crippen LogP contribution >= 0.6 is 0 Å². The lowest BCUT2D eigenvalue weighted by molar-refractivity contribution is 0.0951. The fraction of sp³-hybridized carbons (Fsp3) is 0.417. The molecule has 0 saturated carbocycles. The number of nitrogens with one attached hydrogen (secondary N) is 1. The SMILES string of the molecule is COc1cc(OC)c(C(=O)NCCN)cc1CO. The lowest BCUT2D eigenvalue weighted by Crippen LogP contribution is -2.29. The first kappa shape index (κ1) is 14.3. The van der Waals surface area contributed by atoms with E-state index in [0.29, 0.717) is 35.7 Å². The van der Waals surface area contributed by atoms with E-state index in [1.807, 2.05) is 0 Å². The molecule has 0 aliphatic heterocycles. The molecule has 1 aromatic rings. The Morgan fingerprint density at radius 1 is 1.33 bits per heavy atom. The van der Waals surface area contributed by atoms with Crippen LogP contribution in [0, 0.1) is 0 Å². The fourth-order valence-electron chi connectivity index (χ4n) is 1.55. The van der Waals surface area contributed by atoms with Crippen LogP contribution in [0.25, 0.3) is 0 Å². The standard InChI is InChI=1S/C12H18N2O4/c1-17-10-6-11(18-2)9(5-8(10)7-15)12(16)14-4-3-13/h5-6,15H,3-4,7,13H2,1-2H3,(H,14,16). The molecule has 6 nitrogen and oxygen atoms in total. The van der Waals surface area contributed by atoms with Crippen molar-refractivity contribution in [2.75, 3.05) is 27.3 Å². The maximum absolute atomic E-state index is 11.9. The molecule has 1 aromatic carbocycles. The molecule has 0 bridgehead atoms. The van der Waals surface area contributed by atoms with Gasteiger partial charge in [0.1, 0.15) is 11.5 Å². The van der Waals surface area contributed by atoms with Crippen molar-refractivity contribution in [1.82, 2.24) is 5.32 Å². The third-order valence-corrected chi connectivity index (χ3v) is 2.45. The van der Waals surface area contributed by atoms with Gasteiger partial charge < -0.3 is 25.6 Å². The Balaban J connectivity index is 3.12. The average molecular weight is 254 g/mol. The summed E-state index contributed by atoms with van der Waals surface area (Å²) in [4.78, 5) is 11.9. The van der Waals surface area contributed by atoms with Crippen LogP contribution < -0.4 is 20.5 Å². The lowest BCUT2D eigenvalue weighted by Gasteiger charge is -2.13. The minimum Gasteiger partial charge on any atom is -0.496 e. The molecule has 1 rings (SSSR count). The first-order valence-corrected chi connectivity index (χ1v) is 5.52. The molecule has 0 saturated heterocycles. The van der Waals surface area contributed by atoms with Gasteiger partial charge in [-0.25, -0.2) is 0 Å². The Kier molecular flexibility index (Phi) is 5.41. The Hall–Kier alpha value is -1.79. The normalized spacial score (nSPS) is 10.0. The van der Waals surface area contributed by atoms with Gasteiger partial charge in [-0.3, -0.25) is 4.79 Å². The summed E-state index contributed by atoms with van der Waals surface area (Å²) in [5, 5.41) is 11.9. The number of nitrogens with two attached hydrogens (primary N) is 1. The van der Waals surface area contributed by atoms with Crippen molar-refractivity contribution in [3.8, 4) is 11.5 Å². The summed E-state index contributed by atoms with van der Waals surface area (Å²) in [6.07, 6.45) is 0. The first-order valence-electron chi connectivity index (χ1n) is 5.52. The van der Waals surface area contributed by atoms with Crippen LogP contribution in [0.4, 0.5) is 0 Å². The maximum Gasteiger partial charge on any atom is 0.255 e. The van der Waals surface area contributed by atoms with Crippen LogP contribution in [-0.2, 0) is 6.61 Å². The highest BCUT2D eigenvalue weighted by Crippen LogP contribution is 2.29. The Morgan fingerprint density at radius 3 is 2.50 bits per heavy atom. The van der Waals surface area contributed by atoms with E-state index >= 15 is 0 Å². The van der Waals surface area contributed by atoms with Crippen molar-refractivity contribution in [2.24, 2.45) is 5.73 Å². The molecule has 0 fully saturated rings. The van der Waals surface area contributed by atoms with Gasteiger partial charge in [-0.15, -0.1) is 0 Å². The molecule has 18 heavy (non-hydrogen) atoms. The minimum atomic E-state index is -0.297. The van der Waals surface area contributed by atoms with Crippen LogP contribution in [0.3, 0.4) is 0 Å². The van der Waals surface area contributed by atoms with Crippen molar-refractivity contribution < 1.29 is 19.4 Å². The number of carbonyl (C=O) groups is 1. The zero-order valence-electron chi connectivity index (χ0n) is 10.5. The second-order valence-electron chi connectivity index (χ2n) is 3.57. The van der Waals surface area contributed by atoms with Crippen molar-refractivity contribution in [2.45, 2.75) is 6.61 Å². The highest BCUT2D eigenvalue weighted by Gasteiger charge is 2.16. The molecule has 1 amide bonds. The van der Waals surface area contributed by atoms with Crippen molar-refractivity contribution in [3.05, 3.63) is 23.3 Å². The van der Waals surface area contributed by atoms with Crippen LogP contribution in [0.2, 0.25) is 0 Å². The Morgan fingerprint density at radius 2 is 2.00 bits per heavy atom. The number of carbonyl (C=O) groups excluding carboxylic acids is 1. The molecule has 0 spiro atoms. The van der Waals surface area contributed by atoms with E-state index in [-0.39, 0.29) is 12.5 Å². The van der Waals surface area contributed by atoms with E-state index < -0.39 is 0 Å². The van der Waals surface area contributed by atoms with Crippen LogP contribution in [0.5, 0.6) is 11.5 Å². The van der Waals surface area contributed by atoms with Gasteiger partial charge in [0.05, 0.1) is 26.4 Å². The van der Waals surface area contributed by atoms with E-state index in [0.717, 1.165) is 0 Å². The molecule has 4 N–H and O–H groups in total. The number of aliphatic hydroxyl groups excluding tert-OH is 1. The molecule has 0 aliphatic rings. The predicted molar refractivity (Wildman–Crippen MR) is 66.9 cm³/mol. The van der Waals surface area contributed by atoms with Gasteiger partial charge >= 0.3 is 0 Å². The number of rotatable bonds is 6. The second-order valence-corrected chi connectivity index (χ2v) is 3.57. The molecule has 0 aliphatic carbocycles. The number of hydrogen-bond acceptors (Lipinski definition) is 5. The number of benzene rings is 1. The highest BCUT2D eigenvalue weighted by atomic mass is 16.5. The number of aliphatic hydroxyl groups is 1. The van der Waals surface area contributed by atoms with E-state index in [1.54, 1.807) is 12.1 Å². The lowest BCUT2D eigenvalue weighted by atomic mass is 10.1. The van der Waals surface area contributed by atoms with Gasteiger partial charge in [-0.2, -0.15) is 0 Å². The summed E-state index contributed by atoms with van der Waals surface area (Å²) in [7, 11) is 2.95. The van der Waals surface area contributed by atoms with Crippen LogP contribution in [0.1, 0.15) is 15.9 Å². The van der Waals surface area contributed by atoms with Crippen LogP contribution in [-0.4, -0.2) is 38.3 Å². The smallest absolute Gasteiger partial charge is 0.255 e. The molecule has 100 valence electrons. The van der Waals surface area contributed by atoms with E-state index in [4.69, 9.17) is 15.2 Å². The van der Waals surface area contributed by atoms with E-state index in [2.05, 4.69) is 5.32 Å². The molecule has 0 heterocycles. The van der Waals surface area contributed by atoms with Gasteiger partial charge in [-0.1, -0.05) is 0 Å². The first-order chi connectivity index (χ1) is 8.67. The largest absolute Gasteiger partial charge is 0.496 e. The number of amides is 1. The molecular formula is C12H18N2O4. The number of hydrogen-bond donors (Lipinski definition) is 3. The van der Waals surface area contributed by atoms with Crippen molar-refractivity contribution >= 4 is 5.91 Å². The number of ether oxygens (including phenoxy) is 2. The Labute approximate surface area is 106 Å². The molecule has 0 aromatic heterocycles. The third kappa shape index (κ3) is 3.12. The summed E-state index contributed by atoms with van der Waals surface area (Å²) < 4.78 is 10.2. The van der Waals surface area contributed by atoms with Gasteiger partial charge in [0.25, 0.3) is 5.91 Å². The summed E-state index contributed by atoms with van der Waals surface area (Å²) in [5.41, 5.74) is 6.19. The monoisotopic (exact) mass is 254 g/mol. The maximum atomic E-state index is 11.9. The summed E-state index contributed by atoms with van der Waals surface area (Å²) in [5.74, 6) is 0.568. The predicted octanol–water partition coefficient (Wildman–Crippen LogP) is -0.115. The summed E-state index contributed by atoms with van der Waals surface area (Å²) in [6, 6.07) is 3.12. The van der Waals surface area contributed by atoms with Crippen molar-refractivity contribution in [1.29, 1.82) is 0 Å². The number of methoxy groups -OCH3 is 2.